The van der Waals surface area contributed by atoms with E-state index in [-0.39, 0.29) is 0 Å². The average Bonchev–Trinajstić information content (AvgIpc) is 3.21. The predicted molar refractivity (Wildman–Crippen MR) is 81.2 cm³/mol. The summed E-state index contributed by atoms with van der Waals surface area (Å²) in [6, 6.07) is 7.49. The lowest BCUT2D eigenvalue weighted by Crippen LogP contribution is -2.36. The van der Waals surface area contributed by atoms with Crippen LogP contribution in [0.4, 0.5) is 0 Å². The van der Waals surface area contributed by atoms with Crippen LogP contribution < -0.4 is 10.2 Å². The van der Waals surface area contributed by atoms with Gasteiger partial charge >= 0.3 is 7.12 Å². The van der Waals surface area contributed by atoms with Crippen LogP contribution in [0.25, 0.3) is 0 Å². The maximum atomic E-state index is 9.13. The molecule has 0 amide bonds. The van der Waals surface area contributed by atoms with E-state index in [0.717, 1.165) is 19.0 Å². The van der Waals surface area contributed by atoms with Gasteiger partial charge in [-0.1, -0.05) is 12.1 Å². The van der Waals surface area contributed by atoms with Gasteiger partial charge < -0.3 is 14.8 Å². The van der Waals surface area contributed by atoms with E-state index in [2.05, 4.69) is 18.7 Å². The van der Waals surface area contributed by atoms with Crippen molar-refractivity contribution in [1.29, 1.82) is 0 Å². The molecule has 0 bridgehead atoms. The molecule has 20 heavy (non-hydrogen) atoms. The highest BCUT2D eigenvalue weighted by atomic mass is 16.5. The van der Waals surface area contributed by atoms with Gasteiger partial charge in [0.15, 0.2) is 0 Å². The number of hydrogen-bond acceptors (Lipinski definition) is 4. The third-order valence-electron chi connectivity index (χ3n) is 3.72. The van der Waals surface area contributed by atoms with Crippen molar-refractivity contribution in [3.8, 4) is 5.75 Å². The molecule has 0 unspecified atom stereocenters. The van der Waals surface area contributed by atoms with Crippen molar-refractivity contribution in [2.75, 3.05) is 19.7 Å². The van der Waals surface area contributed by atoms with Crippen LogP contribution in [0, 0.1) is 5.92 Å². The molecule has 1 aromatic carbocycles. The molecule has 0 atom stereocenters. The maximum Gasteiger partial charge on any atom is 0.488 e. The van der Waals surface area contributed by atoms with Crippen LogP contribution in [0.1, 0.15) is 26.7 Å². The zero-order valence-electron chi connectivity index (χ0n) is 12.3. The number of ether oxygens (including phenoxy) is 1. The van der Waals surface area contributed by atoms with Crippen LogP contribution in [-0.4, -0.2) is 47.8 Å². The highest BCUT2D eigenvalue weighted by Gasteiger charge is 2.25. The van der Waals surface area contributed by atoms with Crippen molar-refractivity contribution in [3.63, 3.8) is 0 Å². The zero-order valence-corrected chi connectivity index (χ0v) is 12.3. The average molecular weight is 277 g/mol. The first-order valence-electron chi connectivity index (χ1n) is 7.39. The van der Waals surface area contributed by atoms with Crippen molar-refractivity contribution in [3.05, 3.63) is 24.3 Å². The molecule has 0 heterocycles. The summed E-state index contributed by atoms with van der Waals surface area (Å²) in [5, 5.41) is 18.3. The first-order valence-corrected chi connectivity index (χ1v) is 7.39. The highest BCUT2D eigenvalue weighted by Crippen LogP contribution is 2.30. The summed E-state index contributed by atoms with van der Waals surface area (Å²) in [5.74, 6) is 1.57. The zero-order chi connectivity index (χ0) is 14.5. The van der Waals surface area contributed by atoms with Crippen molar-refractivity contribution >= 4 is 12.6 Å². The fourth-order valence-corrected chi connectivity index (χ4v) is 2.24. The summed E-state index contributed by atoms with van der Waals surface area (Å²) in [7, 11) is -1.44. The lowest BCUT2D eigenvalue weighted by Gasteiger charge is -2.26. The Morgan fingerprint density at radius 3 is 2.70 bits per heavy atom. The van der Waals surface area contributed by atoms with Gasteiger partial charge in [0.25, 0.3) is 0 Å². The van der Waals surface area contributed by atoms with Crippen molar-refractivity contribution in [2.45, 2.75) is 32.7 Å². The van der Waals surface area contributed by atoms with Gasteiger partial charge in [0, 0.05) is 19.1 Å². The topological polar surface area (TPSA) is 52.9 Å². The van der Waals surface area contributed by atoms with E-state index in [1.54, 1.807) is 18.2 Å². The van der Waals surface area contributed by atoms with E-state index in [4.69, 9.17) is 14.8 Å². The van der Waals surface area contributed by atoms with Crippen LogP contribution in [-0.2, 0) is 0 Å². The summed E-state index contributed by atoms with van der Waals surface area (Å²) in [4.78, 5) is 2.45. The smallest absolute Gasteiger partial charge is 0.488 e. The molecule has 1 saturated carbocycles. The van der Waals surface area contributed by atoms with Crippen LogP contribution >= 0.6 is 0 Å². The second-order valence-corrected chi connectivity index (χ2v) is 5.83. The molecule has 0 aliphatic heterocycles. The van der Waals surface area contributed by atoms with Crippen LogP contribution in [0.5, 0.6) is 5.75 Å². The van der Waals surface area contributed by atoms with Crippen molar-refractivity contribution in [1.82, 2.24) is 4.90 Å². The largest absolute Gasteiger partial charge is 0.492 e. The molecule has 0 spiro atoms. The molecule has 2 N–H and O–H groups in total. The Kier molecular flexibility index (Phi) is 5.46. The molecule has 1 aliphatic carbocycles. The second kappa shape index (κ2) is 7.11. The Labute approximate surface area is 121 Å². The number of rotatable bonds is 8. The van der Waals surface area contributed by atoms with Crippen LogP contribution in [0.2, 0.25) is 0 Å². The molecule has 1 aromatic rings. The van der Waals surface area contributed by atoms with Gasteiger partial charge in [-0.3, -0.25) is 4.90 Å². The predicted octanol–water partition coefficient (Wildman–Crippen LogP) is 0.866. The molecule has 1 aliphatic rings. The molecule has 0 radical (unpaired) electrons. The molecule has 1 fully saturated rings. The Balaban J connectivity index is 1.80. The lowest BCUT2D eigenvalue weighted by atomic mass is 9.80. The third kappa shape index (κ3) is 4.82. The van der Waals surface area contributed by atoms with Gasteiger partial charge in [0.2, 0.25) is 0 Å². The molecule has 4 nitrogen and oxygen atoms in total. The maximum absolute atomic E-state index is 9.13. The van der Waals surface area contributed by atoms with Gasteiger partial charge in [-0.15, -0.1) is 0 Å². The second-order valence-electron chi connectivity index (χ2n) is 5.83. The number of nitrogens with zero attached hydrogens (tertiary/aromatic N) is 1. The lowest BCUT2D eigenvalue weighted by molar-refractivity contribution is 0.170. The van der Waals surface area contributed by atoms with Gasteiger partial charge in [0.05, 0.1) is 0 Å². The Morgan fingerprint density at radius 1 is 1.35 bits per heavy atom. The fourth-order valence-electron chi connectivity index (χ4n) is 2.24. The molecular weight excluding hydrogens is 253 g/mol. The molecular formula is C15H24BNO3. The highest BCUT2D eigenvalue weighted by molar-refractivity contribution is 6.58. The minimum Gasteiger partial charge on any atom is -0.492 e. The summed E-state index contributed by atoms with van der Waals surface area (Å²) < 4.78 is 5.72. The molecule has 0 saturated heterocycles. The van der Waals surface area contributed by atoms with Crippen molar-refractivity contribution < 1.29 is 14.8 Å². The SMILES string of the molecule is CC(C)N(CCOc1cccc(B(O)O)c1)CC1CC1. The van der Waals surface area contributed by atoms with Gasteiger partial charge in [-0.25, -0.2) is 0 Å². The minimum absolute atomic E-state index is 0.459. The van der Waals surface area contributed by atoms with Gasteiger partial charge in [0.1, 0.15) is 12.4 Å². The standard InChI is InChI=1S/C15H24BNO3/c1-12(2)17(11-13-6-7-13)8-9-20-15-5-3-4-14(10-15)16(18)19/h3-5,10,12-13,18-19H,6-9,11H2,1-2H3. The Hall–Kier alpha value is -1.04. The van der Waals surface area contributed by atoms with E-state index < -0.39 is 7.12 Å². The Bertz CT molecular complexity index is 421. The molecule has 110 valence electrons. The van der Waals surface area contributed by atoms with E-state index in [9.17, 15) is 0 Å². The minimum atomic E-state index is -1.44. The monoisotopic (exact) mass is 277 g/mol. The normalized spacial score (nSPS) is 14.9. The summed E-state index contributed by atoms with van der Waals surface area (Å²) in [6.45, 7) is 7.11. The van der Waals surface area contributed by atoms with E-state index in [0.29, 0.717) is 23.9 Å². The fraction of sp³-hybridized carbons (Fsp3) is 0.600. The quantitative estimate of drug-likeness (QED) is 0.692. The van der Waals surface area contributed by atoms with Crippen molar-refractivity contribution in [2.24, 2.45) is 5.92 Å². The number of hydrogen-bond donors (Lipinski definition) is 2. The Morgan fingerprint density at radius 2 is 2.10 bits per heavy atom. The molecule has 2 rings (SSSR count). The van der Waals surface area contributed by atoms with Crippen LogP contribution in [0.3, 0.4) is 0 Å². The van der Waals surface area contributed by atoms with Gasteiger partial charge in [-0.2, -0.15) is 0 Å². The van der Waals surface area contributed by atoms with E-state index in [1.807, 2.05) is 6.07 Å². The summed E-state index contributed by atoms with van der Waals surface area (Å²) in [6.07, 6.45) is 2.72. The molecule has 5 heteroatoms. The van der Waals surface area contributed by atoms with E-state index in [1.165, 1.54) is 12.8 Å². The third-order valence-corrected chi connectivity index (χ3v) is 3.72. The van der Waals surface area contributed by atoms with Crippen LogP contribution in [0.15, 0.2) is 24.3 Å². The molecule has 0 aromatic heterocycles. The summed E-state index contributed by atoms with van der Waals surface area (Å²) in [5.41, 5.74) is 0.459. The van der Waals surface area contributed by atoms with E-state index >= 15 is 0 Å². The number of benzene rings is 1. The van der Waals surface area contributed by atoms with Gasteiger partial charge in [-0.05, 0) is 50.2 Å². The summed E-state index contributed by atoms with van der Waals surface area (Å²) >= 11 is 0. The first kappa shape index (κ1) is 15.4. The first-order chi connectivity index (χ1) is 9.56.